The molecule has 2 aromatic rings. The first kappa shape index (κ1) is 20.0. The second-order valence-corrected chi connectivity index (χ2v) is 8.20. The Balaban J connectivity index is 1.63. The molecule has 0 radical (unpaired) electrons. The van der Waals surface area contributed by atoms with Gasteiger partial charge in [-0.25, -0.2) is 13.1 Å². The highest BCUT2D eigenvalue weighted by molar-refractivity contribution is 7.89. The summed E-state index contributed by atoms with van der Waals surface area (Å²) in [6.07, 6.45) is 0.381. The van der Waals surface area contributed by atoms with Gasteiger partial charge in [-0.2, -0.15) is 0 Å². The van der Waals surface area contributed by atoms with Crippen LogP contribution in [0.25, 0.3) is 0 Å². The van der Waals surface area contributed by atoms with Gasteiger partial charge in [0, 0.05) is 38.2 Å². The van der Waals surface area contributed by atoms with Crippen molar-refractivity contribution in [2.75, 3.05) is 29.4 Å². The first-order chi connectivity index (χ1) is 13.4. The molecule has 1 saturated heterocycles. The van der Waals surface area contributed by atoms with Crippen LogP contribution in [0.3, 0.4) is 0 Å². The van der Waals surface area contributed by atoms with E-state index in [1.54, 1.807) is 0 Å². The fraction of sp³-hybridized carbons (Fsp3) is 0.300. The van der Waals surface area contributed by atoms with Gasteiger partial charge in [-0.1, -0.05) is 18.2 Å². The molecule has 0 spiro atoms. The predicted octanol–water partition coefficient (Wildman–Crippen LogP) is 2.14. The van der Waals surface area contributed by atoms with Gasteiger partial charge < -0.3 is 4.90 Å². The van der Waals surface area contributed by atoms with Crippen LogP contribution < -0.4 is 14.5 Å². The van der Waals surface area contributed by atoms with E-state index in [1.807, 2.05) is 37.3 Å². The first-order valence-corrected chi connectivity index (χ1v) is 10.7. The number of nitrogens with one attached hydrogen (secondary N) is 1. The molecular weight excluding hydrogens is 378 g/mol. The third-order valence-corrected chi connectivity index (χ3v) is 6.11. The monoisotopic (exact) mass is 401 g/mol. The summed E-state index contributed by atoms with van der Waals surface area (Å²) >= 11 is 0. The molecule has 0 bridgehead atoms. The summed E-state index contributed by atoms with van der Waals surface area (Å²) in [6.45, 7) is 3.57. The molecular formula is C20H23N3O4S. The Morgan fingerprint density at radius 1 is 0.964 bits per heavy atom. The lowest BCUT2D eigenvalue weighted by Gasteiger charge is -2.23. The molecule has 1 aliphatic heterocycles. The number of likely N-dealkylation sites (N-methyl/N-ethyl adjacent to an activating group) is 1. The van der Waals surface area contributed by atoms with Crippen LogP contribution in [0.2, 0.25) is 0 Å². The van der Waals surface area contributed by atoms with Gasteiger partial charge in [0.1, 0.15) is 0 Å². The Hall–Kier alpha value is -2.71. The maximum absolute atomic E-state index is 12.5. The molecule has 0 aromatic heterocycles. The van der Waals surface area contributed by atoms with E-state index >= 15 is 0 Å². The van der Waals surface area contributed by atoms with Gasteiger partial charge in [-0.3, -0.25) is 14.5 Å². The number of carbonyl (C=O) groups excluding carboxylic acids is 2. The van der Waals surface area contributed by atoms with Crippen molar-refractivity contribution in [2.45, 2.75) is 24.7 Å². The van der Waals surface area contributed by atoms with Gasteiger partial charge in [-0.15, -0.1) is 0 Å². The molecule has 1 aliphatic rings. The molecule has 0 unspecified atom stereocenters. The van der Waals surface area contributed by atoms with Crippen molar-refractivity contribution in [2.24, 2.45) is 0 Å². The van der Waals surface area contributed by atoms with Crippen molar-refractivity contribution < 1.29 is 18.0 Å². The van der Waals surface area contributed by atoms with Crippen LogP contribution in [0.1, 0.15) is 19.8 Å². The lowest BCUT2D eigenvalue weighted by molar-refractivity contribution is -0.121. The van der Waals surface area contributed by atoms with Gasteiger partial charge in [0.05, 0.1) is 10.6 Å². The van der Waals surface area contributed by atoms with Crippen LogP contribution in [0.4, 0.5) is 11.4 Å². The normalized spacial score (nSPS) is 14.5. The van der Waals surface area contributed by atoms with Crippen LogP contribution in [-0.2, 0) is 19.6 Å². The molecule has 0 aliphatic carbocycles. The van der Waals surface area contributed by atoms with Crippen molar-refractivity contribution >= 4 is 33.2 Å². The highest BCUT2D eigenvalue weighted by atomic mass is 32.2. The standard InChI is InChI=1S/C20H23N3O4S/c1-2-22(16-6-4-3-5-7-16)15-14-21-28(26,27)18-10-8-17(9-11-18)23-19(24)12-13-20(23)25/h3-11,21H,2,12-15H2,1H3. The third-order valence-electron chi connectivity index (χ3n) is 4.63. The molecule has 8 heteroatoms. The van der Waals surface area contributed by atoms with E-state index in [-0.39, 0.29) is 36.1 Å². The maximum Gasteiger partial charge on any atom is 0.240 e. The summed E-state index contributed by atoms with van der Waals surface area (Å²) < 4.78 is 27.6. The number of benzene rings is 2. The average molecular weight is 401 g/mol. The molecule has 28 heavy (non-hydrogen) atoms. The van der Waals surface area contributed by atoms with E-state index in [0.29, 0.717) is 12.2 Å². The summed E-state index contributed by atoms with van der Waals surface area (Å²) in [5, 5.41) is 0. The van der Waals surface area contributed by atoms with Crippen LogP contribution in [-0.4, -0.2) is 39.9 Å². The number of hydrogen-bond acceptors (Lipinski definition) is 5. The summed E-state index contributed by atoms with van der Waals surface area (Å²) in [4.78, 5) is 26.8. The molecule has 0 atom stereocenters. The van der Waals surface area contributed by atoms with Gasteiger partial charge in [0.25, 0.3) is 0 Å². The fourth-order valence-corrected chi connectivity index (χ4v) is 4.17. The number of anilines is 2. The van der Waals surface area contributed by atoms with E-state index in [1.165, 1.54) is 24.3 Å². The van der Waals surface area contributed by atoms with Crippen LogP contribution in [0.15, 0.2) is 59.5 Å². The first-order valence-electron chi connectivity index (χ1n) is 9.18. The average Bonchev–Trinajstić information content (AvgIpc) is 3.04. The topological polar surface area (TPSA) is 86.8 Å². The highest BCUT2D eigenvalue weighted by Gasteiger charge is 2.30. The highest BCUT2D eigenvalue weighted by Crippen LogP contribution is 2.24. The van der Waals surface area contributed by atoms with E-state index < -0.39 is 10.0 Å². The van der Waals surface area contributed by atoms with Crippen molar-refractivity contribution in [3.05, 3.63) is 54.6 Å². The van der Waals surface area contributed by atoms with E-state index in [9.17, 15) is 18.0 Å². The van der Waals surface area contributed by atoms with Crippen molar-refractivity contribution in [1.29, 1.82) is 0 Å². The molecule has 1 heterocycles. The summed E-state index contributed by atoms with van der Waals surface area (Å²) in [6, 6.07) is 15.6. The van der Waals surface area contributed by atoms with E-state index in [2.05, 4.69) is 9.62 Å². The Labute approximate surface area is 165 Å². The number of nitrogens with zero attached hydrogens (tertiary/aromatic N) is 2. The number of para-hydroxylation sites is 1. The largest absolute Gasteiger partial charge is 0.370 e. The molecule has 2 amide bonds. The number of amides is 2. The second kappa shape index (κ2) is 8.53. The Morgan fingerprint density at radius 3 is 2.14 bits per heavy atom. The van der Waals surface area contributed by atoms with Gasteiger partial charge in [0.15, 0.2) is 0 Å². The fourth-order valence-electron chi connectivity index (χ4n) is 3.15. The zero-order chi connectivity index (χ0) is 20.1. The van der Waals surface area contributed by atoms with Crippen molar-refractivity contribution in [3.8, 4) is 0 Å². The Morgan fingerprint density at radius 2 is 1.57 bits per heavy atom. The molecule has 148 valence electrons. The van der Waals surface area contributed by atoms with Crippen LogP contribution in [0.5, 0.6) is 0 Å². The predicted molar refractivity (Wildman–Crippen MR) is 108 cm³/mol. The molecule has 0 saturated carbocycles. The summed E-state index contributed by atoms with van der Waals surface area (Å²) in [5.41, 5.74) is 1.43. The van der Waals surface area contributed by atoms with Gasteiger partial charge in [0.2, 0.25) is 21.8 Å². The SMILES string of the molecule is CCN(CCNS(=O)(=O)c1ccc(N2C(=O)CCC2=O)cc1)c1ccccc1. The number of carbonyl (C=O) groups is 2. The molecule has 3 rings (SSSR count). The second-order valence-electron chi connectivity index (χ2n) is 6.43. The number of hydrogen-bond donors (Lipinski definition) is 1. The molecule has 7 nitrogen and oxygen atoms in total. The minimum atomic E-state index is -3.68. The van der Waals surface area contributed by atoms with Crippen molar-refractivity contribution in [3.63, 3.8) is 0 Å². The zero-order valence-corrected chi connectivity index (χ0v) is 16.5. The van der Waals surface area contributed by atoms with E-state index in [0.717, 1.165) is 17.1 Å². The van der Waals surface area contributed by atoms with Crippen LogP contribution in [0, 0.1) is 0 Å². The molecule has 1 fully saturated rings. The maximum atomic E-state index is 12.5. The lowest BCUT2D eigenvalue weighted by atomic mass is 10.3. The molecule has 2 aromatic carbocycles. The quantitative estimate of drug-likeness (QED) is 0.685. The van der Waals surface area contributed by atoms with Gasteiger partial charge in [-0.05, 0) is 43.3 Å². The summed E-state index contributed by atoms with van der Waals surface area (Å²) in [5.74, 6) is -0.529. The minimum absolute atomic E-state index is 0.0955. The Bertz CT molecular complexity index is 927. The Kier molecular flexibility index (Phi) is 6.11. The third kappa shape index (κ3) is 4.40. The zero-order valence-electron chi connectivity index (χ0n) is 15.7. The number of imide groups is 1. The van der Waals surface area contributed by atoms with Crippen molar-refractivity contribution in [1.82, 2.24) is 4.72 Å². The summed E-state index contributed by atoms with van der Waals surface area (Å²) in [7, 11) is -3.68. The lowest BCUT2D eigenvalue weighted by Crippen LogP contribution is -2.35. The smallest absolute Gasteiger partial charge is 0.240 e. The van der Waals surface area contributed by atoms with E-state index in [4.69, 9.17) is 0 Å². The molecule has 1 N–H and O–H groups in total. The number of sulfonamides is 1. The van der Waals surface area contributed by atoms with Gasteiger partial charge >= 0.3 is 0 Å². The number of rotatable bonds is 8. The van der Waals surface area contributed by atoms with Crippen LogP contribution >= 0.6 is 0 Å². The minimum Gasteiger partial charge on any atom is -0.370 e.